The maximum Gasteiger partial charge on any atom is 0.160 e. The normalized spacial score (nSPS) is 12.9. The van der Waals surface area contributed by atoms with Crippen molar-refractivity contribution in [1.29, 1.82) is 0 Å². The average Bonchev–Trinajstić information content (AvgIpc) is 3.47. The van der Waals surface area contributed by atoms with Crippen molar-refractivity contribution in [2.45, 2.75) is 19.3 Å². The molecule has 0 fully saturated rings. The van der Waals surface area contributed by atoms with Gasteiger partial charge in [-0.25, -0.2) is 9.97 Å². The Bertz CT molecular complexity index is 2790. The molecule has 250 valence electrons. The Kier molecular flexibility index (Phi) is 7.19. The Morgan fingerprint density at radius 1 is 0.377 bits per heavy atom. The third-order valence-corrected chi connectivity index (χ3v) is 11.1. The van der Waals surface area contributed by atoms with Crippen LogP contribution in [-0.2, 0) is 5.41 Å². The van der Waals surface area contributed by atoms with Crippen molar-refractivity contribution in [3.63, 3.8) is 0 Å². The summed E-state index contributed by atoms with van der Waals surface area (Å²) in [7, 11) is 0. The molecule has 0 saturated heterocycles. The van der Waals surface area contributed by atoms with Crippen molar-refractivity contribution < 1.29 is 0 Å². The molecule has 0 saturated carbocycles. The van der Waals surface area contributed by atoms with Crippen LogP contribution in [0.3, 0.4) is 0 Å². The first-order valence-electron chi connectivity index (χ1n) is 18.3. The van der Waals surface area contributed by atoms with E-state index >= 15 is 0 Å². The largest absolute Gasteiger partial charge is 0.228 e. The van der Waals surface area contributed by atoms with E-state index in [1.807, 2.05) is 24.3 Å². The lowest BCUT2D eigenvalue weighted by atomic mass is 9.78. The monoisotopic (exact) mass is 676 g/mol. The topological polar surface area (TPSA) is 25.8 Å². The summed E-state index contributed by atoms with van der Waals surface area (Å²) in [5, 5.41) is 4.97. The quantitative estimate of drug-likeness (QED) is 0.181. The van der Waals surface area contributed by atoms with Gasteiger partial charge in [0.2, 0.25) is 0 Å². The first kappa shape index (κ1) is 31.1. The van der Waals surface area contributed by atoms with Gasteiger partial charge in [-0.05, 0) is 78.2 Å². The van der Waals surface area contributed by atoms with Gasteiger partial charge in [0.05, 0.1) is 11.4 Å². The molecule has 0 unspecified atom stereocenters. The minimum atomic E-state index is -0.135. The molecule has 8 aromatic carbocycles. The third-order valence-electron chi connectivity index (χ3n) is 11.1. The van der Waals surface area contributed by atoms with Gasteiger partial charge in [-0.3, -0.25) is 0 Å². The van der Waals surface area contributed by atoms with Gasteiger partial charge in [-0.1, -0.05) is 184 Å². The predicted molar refractivity (Wildman–Crippen MR) is 222 cm³/mol. The number of aromatic nitrogens is 2. The molecule has 0 spiro atoms. The fourth-order valence-electron chi connectivity index (χ4n) is 8.58. The van der Waals surface area contributed by atoms with Crippen molar-refractivity contribution in [2.24, 2.45) is 0 Å². The van der Waals surface area contributed by atoms with Crippen molar-refractivity contribution >= 4 is 21.5 Å². The molecule has 0 radical (unpaired) electrons. The van der Waals surface area contributed by atoms with Gasteiger partial charge in [0.15, 0.2) is 5.82 Å². The second-order valence-electron chi connectivity index (χ2n) is 14.5. The maximum atomic E-state index is 5.18. The molecule has 0 aliphatic heterocycles. The smallest absolute Gasteiger partial charge is 0.160 e. The average molecular weight is 677 g/mol. The van der Waals surface area contributed by atoms with Crippen LogP contribution in [-0.4, -0.2) is 9.97 Å². The van der Waals surface area contributed by atoms with Gasteiger partial charge >= 0.3 is 0 Å². The molecule has 2 heteroatoms. The van der Waals surface area contributed by atoms with Gasteiger partial charge in [0.1, 0.15) is 0 Å². The highest BCUT2D eigenvalue weighted by atomic mass is 14.9. The van der Waals surface area contributed by atoms with Crippen LogP contribution in [0.4, 0.5) is 0 Å². The van der Waals surface area contributed by atoms with Crippen LogP contribution in [0.15, 0.2) is 182 Å². The van der Waals surface area contributed by atoms with Crippen molar-refractivity contribution in [2.75, 3.05) is 0 Å². The van der Waals surface area contributed by atoms with Gasteiger partial charge in [0, 0.05) is 22.1 Å². The first-order chi connectivity index (χ1) is 26.0. The van der Waals surface area contributed by atoms with E-state index in [1.54, 1.807) is 0 Å². The summed E-state index contributed by atoms with van der Waals surface area (Å²) in [4.78, 5) is 10.2. The Hall–Kier alpha value is -6.64. The molecule has 0 N–H and O–H groups in total. The maximum absolute atomic E-state index is 5.18. The van der Waals surface area contributed by atoms with Crippen LogP contribution in [0.1, 0.15) is 25.0 Å². The van der Waals surface area contributed by atoms with E-state index in [2.05, 4.69) is 172 Å². The standard InChI is InChI=1S/C51H36N2/c1-51(2)45-30-27-33-15-9-10-22-39(33)48(45)44-26-14-25-40(49(44)51)37-21-13-20-36(31-37)38-28-29-43(42-24-12-11-23-41(38)42)47-32-46(34-16-5-3-6-17-34)52-50(53-47)35-18-7-4-8-19-35/h3-32H,1-2H3. The van der Waals surface area contributed by atoms with E-state index in [1.165, 1.54) is 60.7 Å². The zero-order valence-electron chi connectivity index (χ0n) is 29.7. The lowest BCUT2D eigenvalue weighted by molar-refractivity contribution is 0.662. The van der Waals surface area contributed by atoms with E-state index in [0.717, 1.165) is 39.3 Å². The molecule has 0 atom stereocenters. The Morgan fingerprint density at radius 2 is 0.943 bits per heavy atom. The van der Waals surface area contributed by atoms with E-state index < -0.39 is 0 Å². The molecule has 1 aliphatic carbocycles. The zero-order chi connectivity index (χ0) is 35.5. The van der Waals surface area contributed by atoms with Gasteiger partial charge in [-0.15, -0.1) is 0 Å². The molecule has 9 aromatic rings. The molecule has 1 aliphatic rings. The minimum Gasteiger partial charge on any atom is -0.228 e. The number of hydrogen-bond acceptors (Lipinski definition) is 2. The fraction of sp³-hybridized carbons (Fsp3) is 0.0588. The number of fused-ring (bicyclic) bond motifs is 6. The highest BCUT2D eigenvalue weighted by Crippen LogP contribution is 2.54. The first-order valence-corrected chi connectivity index (χ1v) is 18.3. The summed E-state index contributed by atoms with van der Waals surface area (Å²) < 4.78 is 0. The lowest BCUT2D eigenvalue weighted by Gasteiger charge is -2.25. The second-order valence-corrected chi connectivity index (χ2v) is 14.5. The second kappa shape index (κ2) is 12.3. The number of nitrogens with zero attached hydrogens (tertiary/aromatic N) is 2. The highest BCUT2D eigenvalue weighted by Gasteiger charge is 2.38. The summed E-state index contributed by atoms with van der Waals surface area (Å²) in [5.41, 5.74) is 15.3. The molecule has 1 heterocycles. The molecule has 1 aromatic heterocycles. The van der Waals surface area contributed by atoms with Crippen LogP contribution in [0.2, 0.25) is 0 Å². The van der Waals surface area contributed by atoms with Crippen molar-refractivity contribution in [3.05, 3.63) is 193 Å². The SMILES string of the molecule is CC1(C)c2ccc3ccccc3c2-c2cccc(-c3cccc(-c4ccc(-c5cc(-c6ccccc6)nc(-c6ccccc6)n5)c5ccccc45)c3)c21. The molecule has 0 bridgehead atoms. The van der Waals surface area contributed by atoms with Crippen molar-refractivity contribution in [1.82, 2.24) is 9.97 Å². The number of rotatable bonds is 5. The Balaban J connectivity index is 1.11. The van der Waals surface area contributed by atoms with Crippen LogP contribution in [0, 0.1) is 0 Å². The molecular weight excluding hydrogens is 641 g/mol. The van der Waals surface area contributed by atoms with E-state index in [9.17, 15) is 0 Å². The summed E-state index contributed by atoms with van der Waals surface area (Å²) in [5.74, 6) is 0.719. The summed E-state index contributed by atoms with van der Waals surface area (Å²) in [6, 6.07) is 65.3. The van der Waals surface area contributed by atoms with E-state index in [-0.39, 0.29) is 5.41 Å². The predicted octanol–water partition coefficient (Wildman–Crippen LogP) is 13.4. The molecule has 53 heavy (non-hydrogen) atoms. The highest BCUT2D eigenvalue weighted by molar-refractivity contribution is 6.06. The van der Waals surface area contributed by atoms with Crippen LogP contribution in [0.25, 0.3) is 88.8 Å². The van der Waals surface area contributed by atoms with Crippen molar-refractivity contribution in [3.8, 4) is 67.3 Å². The Labute approximate surface area is 310 Å². The van der Waals surface area contributed by atoms with E-state index in [0.29, 0.717) is 0 Å². The zero-order valence-corrected chi connectivity index (χ0v) is 29.7. The van der Waals surface area contributed by atoms with Gasteiger partial charge in [0.25, 0.3) is 0 Å². The summed E-state index contributed by atoms with van der Waals surface area (Å²) in [6.07, 6.45) is 0. The minimum absolute atomic E-state index is 0.135. The molecular formula is C51H36N2. The number of benzene rings is 8. The van der Waals surface area contributed by atoms with Crippen LogP contribution >= 0.6 is 0 Å². The van der Waals surface area contributed by atoms with Crippen LogP contribution in [0.5, 0.6) is 0 Å². The number of hydrogen-bond donors (Lipinski definition) is 0. The third kappa shape index (κ3) is 5.10. The summed E-state index contributed by atoms with van der Waals surface area (Å²) >= 11 is 0. The van der Waals surface area contributed by atoms with Crippen LogP contribution < -0.4 is 0 Å². The van der Waals surface area contributed by atoms with E-state index in [4.69, 9.17) is 9.97 Å². The summed E-state index contributed by atoms with van der Waals surface area (Å²) in [6.45, 7) is 4.76. The molecule has 0 amide bonds. The Morgan fingerprint density at radius 3 is 1.72 bits per heavy atom. The lowest BCUT2D eigenvalue weighted by Crippen LogP contribution is -2.16. The van der Waals surface area contributed by atoms with Gasteiger partial charge < -0.3 is 0 Å². The van der Waals surface area contributed by atoms with Gasteiger partial charge in [-0.2, -0.15) is 0 Å². The molecule has 10 rings (SSSR count). The molecule has 2 nitrogen and oxygen atoms in total. The fourth-order valence-corrected chi connectivity index (χ4v) is 8.58.